The summed E-state index contributed by atoms with van der Waals surface area (Å²) in [5.74, 6) is -3.53. The van der Waals surface area contributed by atoms with E-state index in [2.05, 4.69) is 5.32 Å². The Kier molecular flexibility index (Phi) is 9.63. The summed E-state index contributed by atoms with van der Waals surface area (Å²) >= 11 is 5.95. The maximum atomic E-state index is 14.0. The first-order valence-corrected chi connectivity index (χ1v) is 14.0. The molecule has 1 aliphatic carbocycles. The number of carbonyl (C=O) groups excluding carboxylic acids is 1. The van der Waals surface area contributed by atoms with E-state index in [-0.39, 0.29) is 68.3 Å². The molecule has 2 heterocycles. The Morgan fingerprint density at radius 3 is 2.03 bits per heavy atom. The molecule has 1 amide bonds. The quantitative estimate of drug-likeness (QED) is 0.485. The van der Waals surface area contributed by atoms with Gasteiger partial charge >= 0.3 is 6.18 Å². The summed E-state index contributed by atoms with van der Waals surface area (Å²) in [5.41, 5.74) is -1.96. The van der Waals surface area contributed by atoms with Crippen molar-refractivity contribution < 1.29 is 35.2 Å². The zero-order valence-corrected chi connectivity index (χ0v) is 23.0. The van der Waals surface area contributed by atoms with Crippen molar-refractivity contribution >= 4 is 40.1 Å². The van der Waals surface area contributed by atoms with Crippen LogP contribution in [-0.2, 0) is 16.4 Å². The number of amides is 1. The Bertz CT molecular complexity index is 1100. The number of benzene rings is 1. The van der Waals surface area contributed by atoms with Gasteiger partial charge in [-0.3, -0.25) is 9.69 Å². The van der Waals surface area contributed by atoms with Crippen molar-refractivity contribution in [2.24, 2.45) is 0 Å². The third kappa shape index (κ3) is 6.72. The van der Waals surface area contributed by atoms with Gasteiger partial charge in [0, 0.05) is 64.2 Å². The van der Waals surface area contributed by atoms with Crippen LogP contribution < -0.4 is 5.32 Å². The van der Waals surface area contributed by atoms with Crippen molar-refractivity contribution in [1.29, 1.82) is 0 Å². The van der Waals surface area contributed by atoms with E-state index in [0.29, 0.717) is 32.2 Å². The van der Waals surface area contributed by atoms with Gasteiger partial charge in [0.25, 0.3) is 16.1 Å². The number of piperazine rings is 1. The molecule has 3 fully saturated rings. The van der Waals surface area contributed by atoms with Gasteiger partial charge in [-0.15, -0.1) is 12.4 Å². The van der Waals surface area contributed by atoms with Crippen LogP contribution in [0.3, 0.4) is 0 Å². The highest BCUT2D eigenvalue weighted by molar-refractivity contribution is 7.86. The number of rotatable bonds is 6. The van der Waals surface area contributed by atoms with Crippen LogP contribution in [0.4, 0.5) is 22.0 Å². The van der Waals surface area contributed by atoms with Crippen LogP contribution in [0.5, 0.6) is 0 Å². The highest BCUT2D eigenvalue weighted by Gasteiger charge is 2.48. The summed E-state index contributed by atoms with van der Waals surface area (Å²) in [5, 5.41) is 2.32. The predicted octanol–water partition coefficient (Wildman–Crippen LogP) is 4.42. The Morgan fingerprint density at radius 2 is 1.50 bits per heavy atom. The average molecular weight is 609 g/mol. The maximum absolute atomic E-state index is 14.0. The summed E-state index contributed by atoms with van der Waals surface area (Å²) in [6.07, 6.45) is -3.56. The highest BCUT2D eigenvalue weighted by Crippen LogP contribution is 2.42. The molecule has 0 unspecified atom stereocenters. The molecule has 0 radical (unpaired) electrons. The lowest BCUT2D eigenvalue weighted by atomic mass is 9.78. The van der Waals surface area contributed by atoms with Gasteiger partial charge in [-0.25, -0.2) is 8.78 Å². The number of halogens is 7. The van der Waals surface area contributed by atoms with Gasteiger partial charge in [0.15, 0.2) is 0 Å². The second kappa shape index (κ2) is 11.7. The van der Waals surface area contributed by atoms with Gasteiger partial charge in [0.05, 0.1) is 16.1 Å². The van der Waals surface area contributed by atoms with Gasteiger partial charge in [0.2, 0.25) is 5.92 Å². The van der Waals surface area contributed by atoms with Crippen LogP contribution in [0.2, 0.25) is 5.02 Å². The van der Waals surface area contributed by atoms with Crippen LogP contribution in [0.15, 0.2) is 18.2 Å². The molecule has 1 aromatic carbocycles. The van der Waals surface area contributed by atoms with Crippen molar-refractivity contribution in [3.05, 3.63) is 34.3 Å². The fraction of sp³-hybridized carbons (Fsp3) is 0.696. The molecule has 1 aromatic rings. The van der Waals surface area contributed by atoms with Crippen molar-refractivity contribution in [2.45, 2.75) is 56.2 Å². The fourth-order valence-electron chi connectivity index (χ4n) is 5.38. The van der Waals surface area contributed by atoms with E-state index < -0.39 is 39.3 Å². The lowest BCUT2D eigenvalue weighted by molar-refractivity contribution is -0.137. The first-order chi connectivity index (χ1) is 17.2. The van der Waals surface area contributed by atoms with E-state index in [1.54, 1.807) is 0 Å². The van der Waals surface area contributed by atoms with Crippen molar-refractivity contribution in [3.8, 4) is 0 Å². The molecule has 4 rings (SSSR count). The van der Waals surface area contributed by atoms with E-state index >= 15 is 0 Å². The Morgan fingerprint density at radius 1 is 0.947 bits per heavy atom. The molecule has 2 saturated heterocycles. The number of hydrogen-bond acceptors (Lipinski definition) is 4. The first kappa shape index (κ1) is 31.3. The summed E-state index contributed by atoms with van der Waals surface area (Å²) in [6, 6.07) is 2.43. The average Bonchev–Trinajstić information content (AvgIpc) is 3.39. The van der Waals surface area contributed by atoms with Crippen molar-refractivity contribution in [3.63, 3.8) is 0 Å². The third-order valence-electron chi connectivity index (χ3n) is 7.66. The second-order valence-electron chi connectivity index (χ2n) is 9.96. The number of hydrogen-bond donors (Lipinski definition) is 1. The predicted molar refractivity (Wildman–Crippen MR) is 135 cm³/mol. The molecule has 3 aliphatic rings. The number of nitrogens with zero attached hydrogens (tertiary/aromatic N) is 3. The van der Waals surface area contributed by atoms with E-state index in [9.17, 15) is 35.2 Å². The number of carbonyl (C=O) groups is 1. The minimum atomic E-state index is -4.61. The maximum Gasteiger partial charge on any atom is 0.416 e. The molecule has 0 aromatic heterocycles. The smallest absolute Gasteiger partial charge is 0.350 e. The third-order valence-corrected chi connectivity index (χ3v) is 10.0. The lowest BCUT2D eigenvalue weighted by Crippen LogP contribution is -2.64. The van der Waals surface area contributed by atoms with Crippen LogP contribution in [0.1, 0.15) is 54.4 Å². The normalized spacial score (nSPS) is 23.1. The molecule has 15 heteroatoms. The topological polar surface area (TPSA) is 73.0 Å². The Hall–Kier alpha value is -1.25. The van der Waals surface area contributed by atoms with Crippen LogP contribution in [0, 0.1) is 0 Å². The SMILES string of the molecule is Cl.O=C(NCC1(N2CCN(S(=O)(=O)N3CCCC3)CC2)CCC(F)(F)CC1)c1ccc(C(F)(F)F)cc1Cl. The molecule has 7 nitrogen and oxygen atoms in total. The van der Waals surface area contributed by atoms with Crippen LogP contribution in [-0.4, -0.2) is 85.1 Å². The number of nitrogens with one attached hydrogen (secondary N) is 1. The standard InChI is InChI=1S/C23H30ClF5N4O3S.ClH/c24-19-15-17(23(27,28)29)3-4-18(19)20(34)30-16-21(5-7-22(25,26)8-6-21)31-11-13-33(14-12-31)37(35,36)32-9-1-2-10-32;/h3-4,15H,1-2,5-14,16H2,(H,30,34);1H. The minimum Gasteiger partial charge on any atom is -0.350 e. The minimum absolute atomic E-state index is 0. The monoisotopic (exact) mass is 608 g/mol. The second-order valence-corrected chi connectivity index (χ2v) is 12.3. The molecule has 1 saturated carbocycles. The zero-order valence-electron chi connectivity index (χ0n) is 20.6. The highest BCUT2D eigenvalue weighted by atomic mass is 35.5. The van der Waals surface area contributed by atoms with Crippen LogP contribution in [0.25, 0.3) is 0 Å². The van der Waals surface area contributed by atoms with Gasteiger partial charge < -0.3 is 5.32 Å². The van der Waals surface area contributed by atoms with E-state index in [4.69, 9.17) is 11.6 Å². The molecule has 0 bridgehead atoms. The summed E-state index contributed by atoms with van der Waals surface area (Å²) in [7, 11) is -3.58. The largest absolute Gasteiger partial charge is 0.416 e. The molecular formula is C23H31Cl2F5N4O3S. The Balaban J connectivity index is 0.00000400. The van der Waals surface area contributed by atoms with Gasteiger partial charge in [-0.1, -0.05) is 11.6 Å². The van der Waals surface area contributed by atoms with E-state index in [0.717, 1.165) is 25.0 Å². The molecule has 38 heavy (non-hydrogen) atoms. The van der Waals surface area contributed by atoms with Crippen molar-refractivity contribution in [2.75, 3.05) is 45.8 Å². The molecule has 216 valence electrons. The fourth-order valence-corrected chi connectivity index (χ4v) is 7.31. The van der Waals surface area contributed by atoms with Crippen molar-refractivity contribution in [1.82, 2.24) is 18.8 Å². The first-order valence-electron chi connectivity index (χ1n) is 12.3. The molecular weight excluding hydrogens is 578 g/mol. The summed E-state index contributed by atoms with van der Waals surface area (Å²) < 4.78 is 95.6. The molecule has 0 atom stereocenters. The summed E-state index contributed by atoms with van der Waals surface area (Å²) in [4.78, 5) is 14.8. The van der Waals surface area contributed by atoms with Gasteiger partial charge in [-0.2, -0.15) is 30.2 Å². The summed E-state index contributed by atoms with van der Waals surface area (Å²) in [6.45, 7) is 1.99. The Labute approximate surface area is 230 Å². The van der Waals surface area contributed by atoms with Gasteiger partial charge in [-0.05, 0) is 43.9 Å². The zero-order chi connectivity index (χ0) is 27.1. The van der Waals surface area contributed by atoms with E-state index in [1.807, 2.05) is 4.90 Å². The lowest BCUT2D eigenvalue weighted by Gasteiger charge is -2.50. The molecule has 2 aliphatic heterocycles. The van der Waals surface area contributed by atoms with Crippen LogP contribution >= 0.6 is 24.0 Å². The molecule has 1 N–H and O–H groups in total. The number of alkyl halides is 5. The van der Waals surface area contributed by atoms with Gasteiger partial charge in [0.1, 0.15) is 0 Å². The van der Waals surface area contributed by atoms with E-state index in [1.165, 1.54) is 8.61 Å². The molecule has 0 spiro atoms.